The highest BCUT2D eigenvalue weighted by Gasteiger charge is 2.52. The van der Waals surface area contributed by atoms with Crippen molar-refractivity contribution in [1.29, 1.82) is 0 Å². The summed E-state index contributed by atoms with van der Waals surface area (Å²) in [5.41, 5.74) is 1.46. The number of rotatable bonds is 4. The molecule has 3 rings (SSSR count). The maximum atomic E-state index is 12.5. The number of urea groups is 1. The number of hydrazine groups is 1. The van der Waals surface area contributed by atoms with Crippen molar-refractivity contribution in [3.05, 3.63) is 34.9 Å². The van der Waals surface area contributed by atoms with Gasteiger partial charge >= 0.3 is 12.0 Å². The maximum absolute atomic E-state index is 12.5. The Balaban J connectivity index is 1.55. The van der Waals surface area contributed by atoms with Gasteiger partial charge in [0.05, 0.1) is 5.56 Å². The van der Waals surface area contributed by atoms with Gasteiger partial charge in [0.2, 0.25) is 0 Å². The van der Waals surface area contributed by atoms with Crippen molar-refractivity contribution in [2.45, 2.75) is 37.6 Å². The van der Waals surface area contributed by atoms with Crippen molar-refractivity contribution < 1.29 is 23.9 Å². The molecule has 0 bridgehead atoms. The summed E-state index contributed by atoms with van der Waals surface area (Å²) in [6, 6.07) is 5.41. The lowest BCUT2D eigenvalue weighted by Gasteiger charge is -2.30. The van der Waals surface area contributed by atoms with E-state index in [1.165, 1.54) is 12.1 Å². The minimum absolute atomic E-state index is 0.196. The van der Waals surface area contributed by atoms with Gasteiger partial charge in [-0.2, -0.15) is 5.01 Å². The van der Waals surface area contributed by atoms with Crippen LogP contribution in [-0.4, -0.2) is 41.0 Å². The van der Waals surface area contributed by atoms with Crippen LogP contribution in [0, 0.1) is 0 Å². The lowest BCUT2D eigenvalue weighted by molar-refractivity contribution is -0.140. The van der Waals surface area contributed by atoms with Crippen LogP contribution in [0.15, 0.2) is 24.3 Å². The van der Waals surface area contributed by atoms with Gasteiger partial charge < -0.3 is 10.1 Å². The number of nitrogens with zero attached hydrogens (tertiary/aromatic N) is 1. The van der Waals surface area contributed by atoms with Gasteiger partial charge in [-0.3, -0.25) is 15.0 Å². The number of amides is 4. The van der Waals surface area contributed by atoms with E-state index in [1.807, 2.05) is 0 Å². The van der Waals surface area contributed by atoms with E-state index in [1.54, 1.807) is 12.1 Å². The Kier molecular flexibility index (Phi) is 5.13. The molecule has 2 N–H and O–H groups in total. The molecule has 138 valence electrons. The summed E-state index contributed by atoms with van der Waals surface area (Å²) in [4.78, 5) is 48.4. The average molecular weight is 380 g/mol. The van der Waals surface area contributed by atoms with Crippen LogP contribution in [0.1, 0.15) is 42.5 Å². The molecule has 2 fully saturated rings. The quantitative estimate of drug-likeness (QED) is 0.613. The fourth-order valence-corrected chi connectivity index (χ4v) is 3.39. The summed E-state index contributed by atoms with van der Waals surface area (Å²) < 4.78 is 4.88. The third-order valence-electron chi connectivity index (χ3n) is 4.50. The predicted octanol–water partition coefficient (Wildman–Crippen LogP) is 1.78. The number of ether oxygens (including phenoxy) is 1. The topological polar surface area (TPSA) is 105 Å². The predicted molar refractivity (Wildman–Crippen MR) is 91.1 cm³/mol. The molecule has 1 aromatic carbocycles. The molecule has 0 atom stereocenters. The molecule has 1 aromatic rings. The minimum Gasteiger partial charge on any atom is -0.452 e. The largest absolute Gasteiger partial charge is 0.452 e. The number of carbonyl (C=O) groups is 4. The summed E-state index contributed by atoms with van der Waals surface area (Å²) in [5.74, 6) is -1.99. The molecular weight excluding hydrogens is 362 g/mol. The molecule has 9 heteroatoms. The molecule has 26 heavy (non-hydrogen) atoms. The van der Waals surface area contributed by atoms with Gasteiger partial charge in [0.25, 0.3) is 11.8 Å². The van der Waals surface area contributed by atoms with Gasteiger partial charge in [0, 0.05) is 5.02 Å². The third kappa shape index (κ3) is 3.65. The van der Waals surface area contributed by atoms with Gasteiger partial charge in [0.1, 0.15) is 5.54 Å². The van der Waals surface area contributed by atoms with E-state index >= 15 is 0 Å². The zero-order valence-electron chi connectivity index (χ0n) is 13.9. The average Bonchev–Trinajstić information content (AvgIpc) is 2.84. The van der Waals surface area contributed by atoms with Crippen molar-refractivity contribution in [2.24, 2.45) is 0 Å². The first kappa shape index (κ1) is 18.2. The normalized spacial score (nSPS) is 18.6. The van der Waals surface area contributed by atoms with Gasteiger partial charge in [-0.15, -0.1) is 0 Å². The smallest absolute Gasteiger partial charge is 0.344 e. The second-order valence-electron chi connectivity index (χ2n) is 6.33. The Morgan fingerprint density at radius 1 is 1.23 bits per heavy atom. The van der Waals surface area contributed by atoms with Crippen molar-refractivity contribution in [1.82, 2.24) is 15.8 Å². The SMILES string of the molecule is O=C(COC(=O)c1cccc(Cl)c1)NN1C(=O)NC2(CCCCC2)C1=O. The van der Waals surface area contributed by atoms with Crippen molar-refractivity contribution in [2.75, 3.05) is 6.61 Å². The molecule has 1 aliphatic carbocycles. The first-order valence-corrected chi connectivity index (χ1v) is 8.68. The minimum atomic E-state index is -0.930. The molecule has 0 radical (unpaired) electrons. The van der Waals surface area contributed by atoms with E-state index in [9.17, 15) is 19.2 Å². The molecule has 0 aromatic heterocycles. The Morgan fingerprint density at radius 2 is 1.96 bits per heavy atom. The van der Waals surface area contributed by atoms with Crippen LogP contribution in [0.4, 0.5) is 4.79 Å². The van der Waals surface area contributed by atoms with E-state index < -0.39 is 36.0 Å². The summed E-state index contributed by atoms with van der Waals surface area (Å²) in [6.07, 6.45) is 3.79. The highest BCUT2D eigenvalue weighted by atomic mass is 35.5. The Morgan fingerprint density at radius 3 is 2.65 bits per heavy atom. The highest BCUT2D eigenvalue weighted by Crippen LogP contribution is 2.32. The number of halogens is 1. The Labute approximate surface area is 154 Å². The first-order valence-electron chi connectivity index (χ1n) is 8.30. The standard InChI is InChI=1S/C17H18ClN3O5/c18-12-6-4-5-11(9-12)14(23)26-10-13(22)20-21-15(24)17(19-16(21)25)7-2-1-3-8-17/h4-6,9H,1-3,7-8,10H2,(H,19,25)(H,20,22). The Bertz CT molecular complexity index is 761. The fourth-order valence-electron chi connectivity index (χ4n) is 3.20. The van der Waals surface area contributed by atoms with Crippen LogP contribution in [0.5, 0.6) is 0 Å². The van der Waals surface area contributed by atoms with Crippen LogP contribution >= 0.6 is 11.6 Å². The zero-order valence-corrected chi connectivity index (χ0v) is 14.7. The first-order chi connectivity index (χ1) is 12.4. The van der Waals surface area contributed by atoms with Crippen LogP contribution in [0.25, 0.3) is 0 Å². The lowest BCUT2D eigenvalue weighted by atomic mass is 9.82. The number of carbonyl (C=O) groups excluding carboxylic acids is 4. The van der Waals surface area contributed by atoms with E-state index in [2.05, 4.69) is 10.7 Å². The van der Waals surface area contributed by atoms with Gasteiger partial charge in [-0.05, 0) is 31.0 Å². The summed E-state index contributed by atoms with van der Waals surface area (Å²) in [7, 11) is 0. The van der Waals surface area contributed by atoms with E-state index in [4.69, 9.17) is 16.3 Å². The van der Waals surface area contributed by atoms with Gasteiger partial charge in [-0.1, -0.05) is 36.9 Å². The molecule has 1 spiro atoms. The molecule has 1 saturated heterocycles. The summed E-state index contributed by atoms with van der Waals surface area (Å²) in [6.45, 7) is -0.630. The molecular formula is C17H18ClN3O5. The number of esters is 1. The van der Waals surface area contributed by atoms with Crippen LogP contribution < -0.4 is 10.7 Å². The number of nitrogens with one attached hydrogen (secondary N) is 2. The molecule has 1 aliphatic heterocycles. The number of benzene rings is 1. The molecule has 1 heterocycles. The summed E-state index contributed by atoms with van der Waals surface area (Å²) in [5, 5.41) is 3.70. The zero-order chi connectivity index (χ0) is 18.7. The van der Waals surface area contributed by atoms with Crippen molar-refractivity contribution in [3.8, 4) is 0 Å². The maximum Gasteiger partial charge on any atom is 0.344 e. The second kappa shape index (κ2) is 7.33. The van der Waals surface area contributed by atoms with Crippen LogP contribution in [0.2, 0.25) is 5.02 Å². The third-order valence-corrected chi connectivity index (χ3v) is 4.74. The molecule has 1 saturated carbocycles. The monoisotopic (exact) mass is 379 g/mol. The van der Waals surface area contributed by atoms with E-state index in [0.29, 0.717) is 22.9 Å². The lowest BCUT2D eigenvalue weighted by Crippen LogP contribution is -2.51. The molecule has 2 aliphatic rings. The van der Waals surface area contributed by atoms with Gasteiger partial charge in [-0.25, -0.2) is 9.59 Å². The second-order valence-corrected chi connectivity index (χ2v) is 6.77. The molecule has 4 amide bonds. The van der Waals surface area contributed by atoms with Gasteiger partial charge in [0.15, 0.2) is 6.61 Å². The molecule has 0 unspecified atom stereocenters. The number of imide groups is 1. The highest BCUT2D eigenvalue weighted by molar-refractivity contribution is 6.30. The van der Waals surface area contributed by atoms with Crippen molar-refractivity contribution in [3.63, 3.8) is 0 Å². The summed E-state index contributed by atoms with van der Waals surface area (Å²) >= 11 is 5.79. The number of hydrogen-bond acceptors (Lipinski definition) is 5. The van der Waals surface area contributed by atoms with Crippen LogP contribution in [-0.2, 0) is 14.3 Å². The number of hydrogen-bond donors (Lipinski definition) is 2. The fraction of sp³-hybridized carbons (Fsp3) is 0.412. The van der Waals surface area contributed by atoms with E-state index in [-0.39, 0.29) is 5.56 Å². The van der Waals surface area contributed by atoms with Crippen LogP contribution in [0.3, 0.4) is 0 Å². The molecule has 8 nitrogen and oxygen atoms in total. The Hall–Kier alpha value is -2.61. The van der Waals surface area contributed by atoms with Crippen molar-refractivity contribution >= 4 is 35.4 Å². The van der Waals surface area contributed by atoms with E-state index in [0.717, 1.165) is 19.3 Å².